The molecule has 0 unspecified atom stereocenters. The zero-order valence-electron chi connectivity index (χ0n) is 16.9. The van der Waals surface area contributed by atoms with Crippen molar-refractivity contribution in [3.8, 4) is 0 Å². The third kappa shape index (κ3) is 4.39. The van der Waals surface area contributed by atoms with Gasteiger partial charge in [-0.1, -0.05) is 30.3 Å². The molecule has 31 heavy (non-hydrogen) atoms. The van der Waals surface area contributed by atoms with Gasteiger partial charge in [0.25, 0.3) is 11.5 Å². The van der Waals surface area contributed by atoms with Crippen molar-refractivity contribution >= 4 is 39.1 Å². The van der Waals surface area contributed by atoms with Gasteiger partial charge in [-0.15, -0.1) is 11.3 Å². The van der Waals surface area contributed by atoms with E-state index in [0.717, 1.165) is 16.9 Å². The summed E-state index contributed by atoms with van der Waals surface area (Å²) < 4.78 is 5.42. The monoisotopic (exact) mass is 433 g/mol. The normalized spacial score (nSPS) is 10.8. The molecule has 0 saturated heterocycles. The number of aryl methyl sites for hydroxylation is 2. The minimum Gasteiger partial charge on any atom is -0.457 e. The van der Waals surface area contributed by atoms with Crippen LogP contribution in [0.2, 0.25) is 0 Å². The van der Waals surface area contributed by atoms with Gasteiger partial charge < -0.3 is 15.0 Å². The molecular weight excluding hydrogens is 414 g/mol. The Morgan fingerprint density at radius 2 is 1.77 bits per heavy atom. The summed E-state index contributed by atoms with van der Waals surface area (Å²) in [5, 5.41) is 3.23. The van der Waals surface area contributed by atoms with Crippen LogP contribution in [0.4, 0.5) is 5.69 Å². The van der Waals surface area contributed by atoms with Crippen LogP contribution in [0.25, 0.3) is 10.2 Å². The van der Waals surface area contributed by atoms with Crippen molar-refractivity contribution in [3.63, 3.8) is 0 Å². The fourth-order valence-electron chi connectivity index (χ4n) is 3.14. The lowest BCUT2D eigenvalue weighted by Crippen LogP contribution is -2.12. The van der Waals surface area contributed by atoms with E-state index in [-0.39, 0.29) is 18.1 Å². The molecule has 1 amide bonds. The first-order valence-electron chi connectivity index (χ1n) is 9.55. The van der Waals surface area contributed by atoms with Crippen LogP contribution in [0.5, 0.6) is 0 Å². The quantitative estimate of drug-likeness (QED) is 0.459. The summed E-state index contributed by atoms with van der Waals surface area (Å²) in [6, 6.07) is 16.0. The first-order valence-corrected chi connectivity index (χ1v) is 10.4. The summed E-state index contributed by atoms with van der Waals surface area (Å²) in [6.45, 7) is 3.45. The lowest BCUT2D eigenvalue weighted by atomic mass is 10.1. The van der Waals surface area contributed by atoms with Crippen LogP contribution in [0.15, 0.2) is 59.4 Å². The Bertz CT molecular complexity index is 1320. The van der Waals surface area contributed by atoms with E-state index < -0.39 is 5.97 Å². The number of hydrogen-bond donors (Lipinski definition) is 2. The summed E-state index contributed by atoms with van der Waals surface area (Å²) in [6.07, 6.45) is 0. The maximum Gasteiger partial charge on any atom is 0.349 e. The van der Waals surface area contributed by atoms with Gasteiger partial charge in [-0.05, 0) is 49.2 Å². The third-order valence-corrected chi connectivity index (χ3v) is 5.89. The van der Waals surface area contributed by atoms with Gasteiger partial charge in [0, 0.05) is 11.3 Å². The van der Waals surface area contributed by atoms with Crippen molar-refractivity contribution in [2.75, 3.05) is 5.32 Å². The molecule has 7 nitrogen and oxygen atoms in total. The summed E-state index contributed by atoms with van der Waals surface area (Å²) in [7, 11) is 0. The minimum absolute atomic E-state index is 0.0515. The number of rotatable bonds is 5. The molecule has 0 aliphatic heterocycles. The Balaban J connectivity index is 1.42. The number of hydrogen-bond acceptors (Lipinski definition) is 6. The van der Waals surface area contributed by atoms with Crippen LogP contribution < -0.4 is 10.9 Å². The number of nitrogens with zero attached hydrogens (tertiary/aromatic N) is 1. The van der Waals surface area contributed by atoms with Gasteiger partial charge in [-0.25, -0.2) is 9.78 Å². The topological polar surface area (TPSA) is 101 Å². The zero-order valence-corrected chi connectivity index (χ0v) is 17.7. The average molecular weight is 433 g/mol. The van der Waals surface area contributed by atoms with Gasteiger partial charge in [0.1, 0.15) is 22.1 Å². The number of anilines is 1. The van der Waals surface area contributed by atoms with Gasteiger partial charge in [-0.3, -0.25) is 9.59 Å². The molecule has 0 atom stereocenters. The lowest BCUT2D eigenvalue weighted by molar-refractivity contribution is 0.0477. The van der Waals surface area contributed by atoms with E-state index in [1.54, 1.807) is 38.1 Å². The first-order chi connectivity index (χ1) is 14.9. The van der Waals surface area contributed by atoms with E-state index in [4.69, 9.17) is 4.74 Å². The van der Waals surface area contributed by atoms with Gasteiger partial charge in [0.15, 0.2) is 0 Å². The van der Waals surface area contributed by atoms with E-state index in [1.807, 2.05) is 30.3 Å². The standard InChI is InChI=1S/C23H19N3O4S/c1-13-18-21(28)24-14(2)25-22(18)31-19(13)23(29)30-12-15-8-10-16(11-9-15)20(27)26-17-6-4-3-5-7-17/h3-11H,12H2,1-2H3,(H,26,27)(H,24,25,28). The maximum absolute atomic E-state index is 12.6. The number of fused-ring (bicyclic) bond motifs is 1. The molecule has 0 saturated carbocycles. The molecule has 2 N–H and O–H groups in total. The van der Waals surface area contributed by atoms with Gasteiger partial charge >= 0.3 is 5.97 Å². The predicted octanol–water partition coefficient (Wildman–Crippen LogP) is 4.21. The number of H-pyrrole nitrogens is 1. The van der Waals surface area contributed by atoms with Crippen molar-refractivity contribution in [3.05, 3.63) is 92.3 Å². The molecule has 2 heterocycles. The fraction of sp³-hybridized carbons (Fsp3) is 0.130. The molecule has 0 spiro atoms. The number of carbonyl (C=O) groups excluding carboxylic acids is 2. The number of benzene rings is 2. The number of amides is 1. The van der Waals surface area contributed by atoms with E-state index >= 15 is 0 Å². The van der Waals surface area contributed by atoms with Crippen LogP contribution in [0.3, 0.4) is 0 Å². The molecule has 156 valence electrons. The summed E-state index contributed by atoms with van der Waals surface area (Å²) in [5.41, 5.74) is 2.26. The van der Waals surface area contributed by atoms with Crippen LogP contribution in [0.1, 0.15) is 37.0 Å². The molecule has 4 rings (SSSR count). The van der Waals surface area contributed by atoms with Crippen LogP contribution in [0, 0.1) is 13.8 Å². The van der Waals surface area contributed by atoms with E-state index in [2.05, 4.69) is 15.3 Å². The van der Waals surface area contributed by atoms with Crippen molar-refractivity contribution < 1.29 is 14.3 Å². The molecule has 0 fully saturated rings. The number of carbonyl (C=O) groups is 2. The van der Waals surface area contributed by atoms with Crippen LogP contribution in [-0.2, 0) is 11.3 Å². The minimum atomic E-state index is -0.511. The molecule has 2 aromatic heterocycles. The molecule has 8 heteroatoms. The highest BCUT2D eigenvalue weighted by Crippen LogP contribution is 2.27. The van der Waals surface area contributed by atoms with Crippen molar-refractivity contribution in [1.29, 1.82) is 0 Å². The summed E-state index contributed by atoms with van der Waals surface area (Å²) >= 11 is 1.14. The molecule has 0 aliphatic carbocycles. The Hall–Kier alpha value is -3.78. The number of esters is 1. The SMILES string of the molecule is Cc1nc2sc(C(=O)OCc3ccc(C(=O)Nc4ccccc4)cc3)c(C)c2c(=O)[nH]1. The highest BCUT2D eigenvalue weighted by atomic mass is 32.1. The number of nitrogens with one attached hydrogen (secondary N) is 2. The Morgan fingerprint density at radius 1 is 1.06 bits per heavy atom. The highest BCUT2D eigenvalue weighted by molar-refractivity contribution is 7.20. The number of para-hydroxylation sites is 1. The second-order valence-electron chi connectivity index (χ2n) is 6.98. The van der Waals surface area contributed by atoms with Gasteiger partial charge in [0.05, 0.1) is 5.39 Å². The molecule has 0 radical (unpaired) electrons. The second kappa shape index (κ2) is 8.53. The summed E-state index contributed by atoms with van der Waals surface area (Å²) in [5.74, 6) is -0.234. The number of thiophene rings is 1. The number of ether oxygens (including phenoxy) is 1. The highest BCUT2D eigenvalue weighted by Gasteiger charge is 2.20. The Labute approximate surface area is 181 Å². The van der Waals surface area contributed by atoms with E-state index in [0.29, 0.717) is 37.7 Å². The van der Waals surface area contributed by atoms with E-state index in [9.17, 15) is 14.4 Å². The largest absolute Gasteiger partial charge is 0.457 e. The van der Waals surface area contributed by atoms with E-state index in [1.165, 1.54) is 0 Å². The van der Waals surface area contributed by atoms with Crippen molar-refractivity contribution in [1.82, 2.24) is 9.97 Å². The van der Waals surface area contributed by atoms with Crippen LogP contribution >= 0.6 is 11.3 Å². The summed E-state index contributed by atoms with van der Waals surface area (Å²) in [4.78, 5) is 44.9. The maximum atomic E-state index is 12.6. The van der Waals surface area contributed by atoms with Gasteiger partial charge in [0.2, 0.25) is 0 Å². The zero-order chi connectivity index (χ0) is 22.0. The molecule has 4 aromatic rings. The third-order valence-electron chi connectivity index (χ3n) is 4.72. The molecule has 0 aliphatic rings. The van der Waals surface area contributed by atoms with Crippen molar-refractivity contribution in [2.45, 2.75) is 20.5 Å². The number of aromatic nitrogens is 2. The Kier molecular flexibility index (Phi) is 5.64. The molecular formula is C23H19N3O4S. The first kappa shape index (κ1) is 20.5. The molecule has 2 aromatic carbocycles. The number of aromatic amines is 1. The smallest absolute Gasteiger partial charge is 0.349 e. The van der Waals surface area contributed by atoms with Crippen molar-refractivity contribution in [2.24, 2.45) is 0 Å². The van der Waals surface area contributed by atoms with Crippen LogP contribution in [-0.4, -0.2) is 21.8 Å². The Morgan fingerprint density at radius 3 is 2.48 bits per heavy atom. The predicted molar refractivity (Wildman–Crippen MR) is 120 cm³/mol. The molecule has 0 bridgehead atoms. The second-order valence-corrected chi connectivity index (χ2v) is 7.98. The van der Waals surface area contributed by atoms with Gasteiger partial charge in [-0.2, -0.15) is 0 Å². The average Bonchev–Trinajstić information content (AvgIpc) is 3.09. The fourth-order valence-corrected chi connectivity index (χ4v) is 4.26. The lowest BCUT2D eigenvalue weighted by Gasteiger charge is -2.07.